The average molecular weight is 312 g/mol. The number of amides is 1. The Morgan fingerprint density at radius 1 is 1.09 bits per heavy atom. The summed E-state index contributed by atoms with van der Waals surface area (Å²) in [4.78, 5) is 16.4. The van der Waals surface area contributed by atoms with Crippen LogP contribution in [0, 0.1) is 0 Å². The number of fused-ring (bicyclic) bond motifs is 1. The fourth-order valence-corrected chi connectivity index (χ4v) is 3.06. The Bertz CT molecular complexity index is 748. The molecular formula is C17H16N2O2S. The number of nitrogens with one attached hydrogen (secondary N) is 1. The van der Waals surface area contributed by atoms with Crippen LogP contribution in [0.3, 0.4) is 0 Å². The molecule has 0 aliphatic rings. The number of hydrogen-bond donors (Lipinski definition) is 2. The second-order valence-electron chi connectivity index (χ2n) is 4.97. The highest BCUT2D eigenvalue weighted by Gasteiger charge is 2.11. The van der Waals surface area contributed by atoms with E-state index in [1.165, 1.54) is 11.3 Å². The zero-order valence-corrected chi connectivity index (χ0v) is 12.8. The lowest BCUT2D eigenvalue weighted by molar-refractivity contribution is 0.0954. The highest BCUT2D eigenvalue weighted by molar-refractivity contribution is 7.20. The largest absolute Gasteiger partial charge is 0.392 e. The average Bonchev–Trinajstić information content (AvgIpc) is 2.99. The van der Waals surface area contributed by atoms with Crippen molar-refractivity contribution in [1.29, 1.82) is 0 Å². The number of benzene rings is 2. The number of carbonyl (C=O) groups is 1. The maximum absolute atomic E-state index is 12.1. The molecular weight excluding hydrogens is 296 g/mol. The first-order chi connectivity index (χ1) is 10.8. The summed E-state index contributed by atoms with van der Waals surface area (Å²) in [6.07, 6.45) is 0.752. The van der Waals surface area contributed by atoms with Crippen LogP contribution >= 0.6 is 11.3 Å². The standard InChI is InChI=1S/C17H16N2O2S/c20-11-13-7-5-12(6-8-13)9-10-18-16(21)17-19-14-3-1-2-4-15(14)22-17/h1-8,20H,9-11H2,(H,18,21). The first-order valence-corrected chi connectivity index (χ1v) is 7.90. The van der Waals surface area contributed by atoms with Gasteiger partial charge >= 0.3 is 0 Å². The van der Waals surface area contributed by atoms with Crippen LogP contribution < -0.4 is 5.32 Å². The highest BCUT2D eigenvalue weighted by atomic mass is 32.1. The minimum Gasteiger partial charge on any atom is -0.392 e. The molecule has 0 aliphatic heterocycles. The van der Waals surface area contributed by atoms with Gasteiger partial charge in [0.25, 0.3) is 5.91 Å². The van der Waals surface area contributed by atoms with Crippen molar-refractivity contribution in [3.8, 4) is 0 Å². The Morgan fingerprint density at radius 2 is 1.82 bits per heavy atom. The Kier molecular flexibility index (Phi) is 4.46. The lowest BCUT2D eigenvalue weighted by Gasteiger charge is -2.04. The van der Waals surface area contributed by atoms with E-state index in [2.05, 4.69) is 10.3 Å². The van der Waals surface area contributed by atoms with Crippen molar-refractivity contribution in [1.82, 2.24) is 10.3 Å². The van der Waals surface area contributed by atoms with Gasteiger partial charge < -0.3 is 10.4 Å². The van der Waals surface area contributed by atoms with E-state index in [0.717, 1.165) is 27.8 Å². The molecule has 0 radical (unpaired) electrons. The van der Waals surface area contributed by atoms with Crippen molar-refractivity contribution in [3.05, 3.63) is 64.7 Å². The van der Waals surface area contributed by atoms with Crippen LogP contribution in [-0.2, 0) is 13.0 Å². The number of aromatic nitrogens is 1. The summed E-state index contributed by atoms with van der Waals surface area (Å²) in [7, 11) is 0. The monoisotopic (exact) mass is 312 g/mol. The third kappa shape index (κ3) is 3.32. The Balaban J connectivity index is 1.57. The van der Waals surface area contributed by atoms with Gasteiger partial charge in [-0.1, -0.05) is 36.4 Å². The molecule has 2 aromatic carbocycles. The molecule has 0 fully saturated rings. The molecule has 1 aromatic heterocycles. The molecule has 0 unspecified atom stereocenters. The van der Waals surface area contributed by atoms with E-state index in [1.807, 2.05) is 48.5 Å². The summed E-state index contributed by atoms with van der Waals surface area (Å²) in [5, 5.41) is 12.4. The van der Waals surface area contributed by atoms with Gasteiger partial charge in [0.05, 0.1) is 16.8 Å². The maximum Gasteiger partial charge on any atom is 0.280 e. The van der Waals surface area contributed by atoms with Gasteiger partial charge in [-0.05, 0) is 29.7 Å². The summed E-state index contributed by atoms with van der Waals surface area (Å²) in [6, 6.07) is 15.5. The van der Waals surface area contributed by atoms with Crippen LogP contribution in [0.4, 0.5) is 0 Å². The molecule has 5 heteroatoms. The zero-order valence-electron chi connectivity index (χ0n) is 12.0. The molecule has 3 rings (SSSR count). The number of hydrogen-bond acceptors (Lipinski definition) is 4. The minimum atomic E-state index is -0.131. The van der Waals surface area contributed by atoms with Crippen molar-refractivity contribution in [3.63, 3.8) is 0 Å². The van der Waals surface area contributed by atoms with Crippen LogP contribution in [-0.4, -0.2) is 22.5 Å². The van der Waals surface area contributed by atoms with Crippen LogP contribution in [0.5, 0.6) is 0 Å². The van der Waals surface area contributed by atoms with Gasteiger partial charge in [-0.25, -0.2) is 4.98 Å². The quantitative estimate of drug-likeness (QED) is 0.761. The van der Waals surface area contributed by atoms with Crippen molar-refractivity contribution >= 4 is 27.5 Å². The van der Waals surface area contributed by atoms with Crippen molar-refractivity contribution < 1.29 is 9.90 Å². The van der Waals surface area contributed by atoms with Gasteiger partial charge in [-0.3, -0.25) is 4.79 Å². The van der Waals surface area contributed by atoms with Gasteiger partial charge in [-0.2, -0.15) is 0 Å². The molecule has 0 bridgehead atoms. The normalized spacial score (nSPS) is 10.8. The number of nitrogens with zero attached hydrogens (tertiary/aromatic N) is 1. The van der Waals surface area contributed by atoms with E-state index in [1.54, 1.807) is 0 Å². The predicted octanol–water partition coefficient (Wildman–Crippen LogP) is 2.76. The first kappa shape index (κ1) is 14.7. The number of thiazole rings is 1. The SMILES string of the molecule is O=C(NCCc1ccc(CO)cc1)c1nc2ccccc2s1. The second kappa shape index (κ2) is 6.68. The first-order valence-electron chi connectivity index (χ1n) is 7.09. The van der Waals surface area contributed by atoms with Gasteiger partial charge in [-0.15, -0.1) is 11.3 Å². The van der Waals surface area contributed by atoms with Gasteiger partial charge in [0.15, 0.2) is 5.01 Å². The number of carbonyl (C=O) groups excluding carboxylic acids is 1. The van der Waals surface area contributed by atoms with E-state index < -0.39 is 0 Å². The van der Waals surface area contributed by atoms with E-state index in [9.17, 15) is 4.79 Å². The molecule has 1 heterocycles. The van der Waals surface area contributed by atoms with Crippen molar-refractivity contribution in [2.45, 2.75) is 13.0 Å². The van der Waals surface area contributed by atoms with Gasteiger partial charge in [0.2, 0.25) is 0 Å². The summed E-state index contributed by atoms with van der Waals surface area (Å²) in [5.74, 6) is -0.131. The molecule has 112 valence electrons. The number of rotatable bonds is 5. The third-order valence-corrected chi connectivity index (χ3v) is 4.43. The van der Waals surface area contributed by atoms with Crippen LogP contribution in [0.15, 0.2) is 48.5 Å². The summed E-state index contributed by atoms with van der Waals surface area (Å²) >= 11 is 1.41. The maximum atomic E-state index is 12.1. The molecule has 2 N–H and O–H groups in total. The van der Waals surface area contributed by atoms with E-state index in [4.69, 9.17) is 5.11 Å². The number of para-hydroxylation sites is 1. The molecule has 22 heavy (non-hydrogen) atoms. The summed E-state index contributed by atoms with van der Waals surface area (Å²) in [5.41, 5.74) is 2.88. The van der Waals surface area contributed by atoms with E-state index >= 15 is 0 Å². The highest BCUT2D eigenvalue weighted by Crippen LogP contribution is 2.21. The number of aliphatic hydroxyl groups excluding tert-OH is 1. The summed E-state index contributed by atoms with van der Waals surface area (Å²) in [6.45, 7) is 0.613. The fraction of sp³-hybridized carbons (Fsp3) is 0.176. The van der Waals surface area contributed by atoms with E-state index in [0.29, 0.717) is 11.6 Å². The molecule has 0 aliphatic carbocycles. The molecule has 1 amide bonds. The molecule has 0 spiro atoms. The van der Waals surface area contributed by atoms with Crippen LogP contribution in [0.2, 0.25) is 0 Å². The topological polar surface area (TPSA) is 62.2 Å². The van der Waals surface area contributed by atoms with Crippen LogP contribution in [0.1, 0.15) is 20.9 Å². The zero-order chi connectivity index (χ0) is 15.4. The Hall–Kier alpha value is -2.24. The molecule has 0 saturated carbocycles. The Labute approximate surface area is 132 Å². The van der Waals surface area contributed by atoms with Gasteiger partial charge in [0, 0.05) is 6.54 Å². The van der Waals surface area contributed by atoms with Gasteiger partial charge in [0.1, 0.15) is 0 Å². The predicted molar refractivity (Wildman–Crippen MR) is 88.0 cm³/mol. The second-order valence-corrected chi connectivity index (χ2v) is 6.00. The summed E-state index contributed by atoms with van der Waals surface area (Å²) < 4.78 is 1.02. The smallest absolute Gasteiger partial charge is 0.280 e. The molecule has 0 saturated heterocycles. The molecule has 4 nitrogen and oxygen atoms in total. The molecule has 0 atom stereocenters. The van der Waals surface area contributed by atoms with E-state index in [-0.39, 0.29) is 12.5 Å². The van der Waals surface area contributed by atoms with Crippen molar-refractivity contribution in [2.24, 2.45) is 0 Å². The number of aliphatic hydroxyl groups is 1. The molecule has 3 aromatic rings. The lowest BCUT2D eigenvalue weighted by atomic mass is 10.1. The minimum absolute atomic E-state index is 0.0502. The van der Waals surface area contributed by atoms with Crippen LogP contribution in [0.25, 0.3) is 10.2 Å². The fourth-order valence-electron chi connectivity index (χ4n) is 2.18. The van der Waals surface area contributed by atoms with Crippen molar-refractivity contribution in [2.75, 3.05) is 6.54 Å². The Morgan fingerprint density at radius 3 is 2.55 bits per heavy atom. The lowest BCUT2D eigenvalue weighted by Crippen LogP contribution is -2.25. The third-order valence-electron chi connectivity index (χ3n) is 3.39.